The second-order valence-electron chi connectivity index (χ2n) is 6.61. The Morgan fingerprint density at radius 2 is 2.27 bits per heavy atom. The summed E-state index contributed by atoms with van der Waals surface area (Å²) in [5.41, 5.74) is 2.77. The van der Waals surface area contributed by atoms with Crippen molar-refractivity contribution in [3.63, 3.8) is 0 Å². The van der Waals surface area contributed by atoms with Gasteiger partial charge >= 0.3 is 0 Å². The van der Waals surface area contributed by atoms with Crippen LogP contribution in [0.5, 0.6) is 0 Å². The van der Waals surface area contributed by atoms with Crippen LogP contribution in [0.1, 0.15) is 24.8 Å². The van der Waals surface area contributed by atoms with Crippen molar-refractivity contribution in [3.8, 4) is 0 Å². The zero-order chi connectivity index (χ0) is 14.9. The van der Waals surface area contributed by atoms with Crippen LogP contribution in [-0.4, -0.2) is 47.9 Å². The fraction of sp³-hybridized carbons (Fsp3) is 0.556. The van der Waals surface area contributed by atoms with Gasteiger partial charge in [0.05, 0.1) is 0 Å². The number of benzene rings is 1. The van der Waals surface area contributed by atoms with Crippen molar-refractivity contribution in [2.75, 3.05) is 25.9 Å². The monoisotopic (exact) mass is 315 g/mol. The number of nitrogens with one attached hydrogen (secondary N) is 2. The highest BCUT2D eigenvalue weighted by molar-refractivity contribution is 7.98. The first-order chi connectivity index (χ1) is 10.8. The third-order valence-electron chi connectivity index (χ3n) is 5.36. The average molecular weight is 315 g/mol. The van der Waals surface area contributed by atoms with E-state index in [4.69, 9.17) is 0 Å². The van der Waals surface area contributed by atoms with Crippen LogP contribution in [-0.2, 0) is 6.42 Å². The molecule has 0 bridgehead atoms. The van der Waals surface area contributed by atoms with Crippen molar-refractivity contribution in [3.05, 3.63) is 30.0 Å². The van der Waals surface area contributed by atoms with Gasteiger partial charge in [0.2, 0.25) is 0 Å². The van der Waals surface area contributed by atoms with Crippen LogP contribution in [0.4, 0.5) is 0 Å². The standard InChI is InChI=1S/C18H25N3S/c1-22-16-4-5-18-17(10-16)13(11-20-18)9-14-3-2-8-21(14)15-6-7-19-12-15/h4-5,10-11,14-15,19-20H,2-3,6-9,12H2,1H3/t14-,15-/m1/s1. The van der Waals surface area contributed by atoms with Gasteiger partial charge < -0.3 is 10.3 Å². The number of rotatable bonds is 4. The number of hydrogen-bond donors (Lipinski definition) is 2. The molecule has 2 aliphatic heterocycles. The summed E-state index contributed by atoms with van der Waals surface area (Å²) in [6.07, 6.45) is 9.61. The van der Waals surface area contributed by atoms with Crippen LogP contribution in [0.2, 0.25) is 0 Å². The minimum atomic E-state index is 0.724. The van der Waals surface area contributed by atoms with Gasteiger partial charge in [-0.15, -0.1) is 11.8 Å². The number of nitrogens with zero attached hydrogens (tertiary/aromatic N) is 1. The summed E-state index contributed by atoms with van der Waals surface area (Å²) in [7, 11) is 0. The Balaban J connectivity index is 1.57. The minimum Gasteiger partial charge on any atom is -0.361 e. The third-order valence-corrected chi connectivity index (χ3v) is 6.08. The van der Waals surface area contributed by atoms with Crippen LogP contribution in [0.3, 0.4) is 0 Å². The maximum absolute atomic E-state index is 3.52. The fourth-order valence-corrected chi connectivity index (χ4v) is 4.63. The van der Waals surface area contributed by atoms with E-state index in [2.05, 4.69) is 45.9 Å². The molecule has 2 aromatic rings. The van der Waals surface area contributed by atoms with Gasteiger partial charge in [0, 0.05) is 40.6 Å². The highest BCUT2D eigenvalue weighted by Gasteiger charge is 2.32. The first kappa shape index (κ1) is 14.6. The van der Waals surface area contributed by atoms with E-state index in [1.165, 1.54) is 66.7 Å². The van der Waals surface area contributed by atoms with E-state index in [1.807, 2.05) is 11.8 Å². The topological polar surface area (TPSA) is 31.1 Å². The Kier molecular flexibility index (Phi) is 4.16. The number of likely N-dealkylation sites (tertiary alicyclic amines) is 1. The molecule has 2 aliphatic rings. The van der Waals surface area contributed by atoms with E-state index >= 15 is 0 Å². The molecule has 2 fully saturated rings. The summed E-state index contributed by atoms with van der Waals surface area (Å²) in [6.45, 7) is 3.66. The Morgan fingerprint density at radius 1 is 1.32 bits per heavy atom. The van der Waals surface area contributed by atoms with Crippen LogP contribution in [0.15, 0.2) is 29.3 Å². The first-order valence-corrected chi connectivity index (χ1v) is 9.68. The molecule has 4 heteroatoms. The SMILES string of the molecule is CSc1ccc2[nH]cc(C[C@H]3CCCN3[C@@H]3CCNC3)c2c1. The van der Waals surface area contributed by atoms with Crippen molar-refractivity contribution in [2.45, 2.75) is 42.7 Å². The van der Waals surface area contributed by atoms with Crippen molar-refractivity contribution in [2.24, 2.45) is 0 Å². The lowest BCUT2D eigenvalue weighted by Gasteiger charge is -2.30. The van der Waals surface area contributed by atoms with Crippen molar-refractivity contribution >= 4 is 22.7 Å². The minimum absolute atomic E-state index is 0.724. The van der Waals surface area contributed by atoms with Gasteiger partial charge in [-0.1, -0.05) is 0 Å². The molecular formula is C18H25N3S. The van der Waals surface area contributed by atoms with E-state index < -0.39 is 0 Å². The molecular weight excluding hydrogens is 290 g/mol. The molecule has 0 aliphatic carbocycles. The Labute approximate surface area is 136 Å². The summed E-state index contributed by atoms with van der Waals surface area (Å²) >= 11 is 1.83. The van der Waals surface area contributed by atoms with Crippen LogP contribution in [0, 0.1) is 0 Å². The first-order valence-electron chi connectivity index (χ1n) is 8.45. The van der Waals surface area contributed by atoms with Gasteiger partial charge in [-0.25, -0.2) is 0 Å². The maximum atomic E-state index is 3.52. The normalized spacial score (nSPS) is 26.2. The molecule has 22 heavy (non-hydrogen) atoms. The fourth-order valence-electron chi connectivity index (χ4n) is 4.19. The van der Waals surface area contributed by atoms with Gasteiger partial charge in [0.15, 0.2) is 0 Å². The maximum Gasteiger partial charge on any atom is 0.0457 e. The molecule has 1 aromatic heterocycles. The van der Waals surface area contributed by atoms with Crippen molar-refractivity contribution < 1.29 is 0 Å². The largest absolute Gasteiger partial charge is 0.361 e. The van der Waals surface area contributed by atoms with Crippen LogP contribution in [0.25, 0.3) is 10.9 Å². The third kappa shape index (κ3) is 2.68. The van der Waals surface area contributed by atoms with Gasteiger partial charge in [0.1, 0.15) is 0 Å². The molecule has 4 rings (SSSR count). The van der Waals surface area contributed by atoms with Crippen molar-refractivity contribution in [1.82, 2.24) is 15.2 Å². The summed E-state index contributed by atoms with van der Waals surface area (Å²) in [6, 6.07) is 8.26. The number of aromatic nitrogens is 1. The second-order valence-corrected chi connectivity index (χ2v) is 7.49. The summed E-state index contributed by atoms with van der Waals surface area (Å²) < 4.78 is 0. The lowest BCUT2D eigenvalue weighted by atomic mass is 10.0. The molecule has 2 atom stereocenters. The lowest BCUT2D eigenvalue weighted by molar-refractivity contribution is 0.190. The highest BCUT2D eigenvalue weighted by atomic mass is 32.2. The molecule has 0 unspecified atom stereocenters. The molecule has 118 valence electrons. The number of hydrogen-bond acceptors (Lipinski definition) is 3. The summed E-state index contributed by atoms with van der Waals surface area (Å²) in [5, 5.41) is 4.94. The average Bonchev–Trinajstić information content (AvgIpc) is 3.27. The molecule has 3 heterocycles. The zero-order valence-electron chi connectivity index (χ0n) is 13.3. The van der Waals surface area contributed by atoms with Gasteiger partial charge in [-0.2, -0.15) is 0 Å². The molecule has 3 nitrogen and oxygen atoms in total. The number of thioether (sulfide) groups is 1. The smallest absolute Gasteiger partial charge is 0.0457 e. The van der Waals surface area contributed by atoms with E-state index in [9.17, 15) is 0 Å². The second kappa shape index (κ2) is 6.26. The van der Waals surface area contributed by atoms with Gasteiger partial charge in [0.25, 0.3) is 0 Å². The van der Waals surface area contributed by atoms with Crippen molar-refractivity contribution in [1.29, 1.82) is 0 Å². The van der Waals surface area contributed by atoms with E-state index in [0.29, 0.717) is 0 Å². The molecule has 2 N–H and O–H groups in total. The zero-order valence-corrected chi connectivity index (χ0v) is 14.1. The predicted octanol–water partition coefficient (Wildman–Crippen LogP) is 3.26. The van der Waals surface area contributed by atoms with E-state index in [-0.39, 0.29) is 0 Å². The quantitative estimate of drug-likeness (QED) is 0.849. The van der Waals surface area contributed by atoms with Gasteiger partial charge in [-0.05, 0) is 68.8 Å². The Bertz CT molecular complexity index is 645. The summed E-state index contributed by atoms with van der Waals surface area (Å²) in [5.74, 6) is 0. The summed E-state index contributed by atoms with van der Waals surface area (Å²) in [4.78, 5) is 7.59. The van der Waals surface area contributed by atoms with E-state index in [0.717, 1.165) is 12.1 Å². The number of fused-ring (bicyclic) bond motifs is 1. The molecule has 0 amide bonds. The molecule has 2 saturated heterocycles. The Morgan fingerprint density at radius 3 is 3.09 bits per heavy atom. The number of aromatic amines is 1. The van der Waals surface area contributed by atoms with Crippen LogP contribution >= 0.6 is 11.8 Å². The predicted molar refractivity (Wildman–Crippen MR) is 94.8 cm³/mol. The molecule has 1 aromatic carbocycles. The van der Waals surface area contributed by atoms with E-state index in [1.54, 1.807) is 0 Å². The molecule has 0 saturated carbocycles. The van der Waals surface area contributed by atoms with Crippen LogP contribution < -0.4 is 5.32 Å². The lowest BCUT2D eigenvalue weighted by Crippen LogP contribution is -2.41. The Hall–Kier alpha value is -0.970. The molecule has 0 radical (unpaired) electrons. The molecule has 0 spiro atoms. The van der Waals surface area contributed by atoms with Gasteiger partial charge in [-0.3, -0.25) is 4.90 Å². The number of H-pyrrole nitrogens is 1. The highest BCUT2D eigenvalue weighted by Crippen LogP contribution is 2.30.